The van der Waals surface area contributed by atoms with Gasteiger partial charge in [-0.15, -0.1) is 0 Å². The zero-order valence-corrected chi connectivity index (χ0v) is 15.1. The second-order valence-electron chi connectivity index (χ2n) is 5.60. The number of rotatable bonds is 8. The first-order valence-electron chi connectivity index (χ1n) is 8.41. The first kappa shape index (κ1) is 19.3. The Balaban J connectivity index is 1.95. The molecule has 0 radical (unpaired) electrons. The standard InChI is InChI=1S/C20H23NO5/c1-4-17(26-15-10-6-5-7-11-15)20(23)25-14(2)19(22)21-16-12-8-9-13-18(16)24-3/h5-14,17H,4H2,1-3H3,(H,21,22)/t14-,17+/m1/s1. The number of hydrogen-bond acceptors (Lipinski definition) is 5. The number of carbonyl (C=O) groups excluding carboxylic acids is 2. The van der Waals surface area contributed by atoms with Gasteiger partial charge in [0.25, 0.3) is 5.91 Å². The third kappa shape index (κ3) is 5.24. The van der Waals surface area contributed by atoms with Gasteiger partial charge >= 0.3 is 5.97 Å². The number of carbonyl (C=O) groups is 2. The van der Waals surface area contributed by atoms with E-state index in [-0.39, 0.29) is 0 Å². The van der Waals surface area contributed by atoms with Gasteiger partial charge in [0.1, 0.15) is 11.5 Å². The van der Waals surface area contributed by atoms with E-state index in [0.29, 0.717) is 23.6 Å². The van der Waals surface area contributed by atoms with E-state index >= 15 is 0 Å². The highest BCUT2D eigenvalue weighted by molar-refractivity contribution is 5.96. The van der Waals surface area contributed by atoms with Gasteiger partial charge in [-0.25, -0.2) is 4.79 Å². The minimum absolute atomic E-state index is 0.425. The molecule has 0 spiro atoms. The van der Waals surface area contributed by atoms with Gasteiger partial charge in [0, 0.05) is 0 Å². The molecule has 0 aliphatic heterocycles. The zero-order chi connectivity index (χ0) is 18.9. The molecule has 2 rings (SSSR count). The van der Waals surface area contributed by atoms with Crippen molar-refractivity contribution in [3.05, 3.63) is 54.6 Å². The Hall–Kier alpha value is -3.02. The van der Waals surface area contributed by atoms with Gasteiger partial charge < -0.3 is 19.5 Å². The normalized spacial score (nSPS) is 12.6. The van der Waals surface area contributed by atoms with Crippen molar-refractivity contribution in [3.8, 4) is 11.5 Å². The molecule has 6 nitrogen and oxygen atoms in total. The van der Waals surface area contributed by atoms with Crippen molar-refractivity contribution in [1.29, 1.82) is 0 Å². The second-order valence-corrected chi connectivity index (χ2v) is 5.60. The molecule has 6 heteroatoms. The van der Waals surface area contributed by atoms with Crippen LogP contribution in [0.1, 0.15) is 20.3 Å². The van der Waals surface area contributed by atoms with Crippen molar-refractivity contribution in [2.45, 2.75) is 32.5 Å². The van der Waals surface area contributed by atoms with Gasteiger partial charge in [-0.3, -0.25) is 4.79 Å². The molecule has 2 aromatic carbocycles. The molecular weight excluding hydrogens is 334 g/mol. The van der Waals surface area contributed by atoms with Crippen molar-refractivity contribution in [1.82, 2.24) is 0 Å². The lowest BCUT2D eigenvalue weighted by Gasteiger charge is -2.19. The van der Waals surface area contributed by atoms with Crippen LogP contribution in [0.2, 0.25) is 0 Å². The minimum Gasteiger partial charge on any atom is -0.495 e. The maximum atomic E-state index is 12.3. The van der Waals surface area contributed by atoms with Crippen LogP contribution in [-0.2, 0) is 14.3 Å². The van der Waals surface area contributed by atoms with Crippen molar-refractivity contribution in [3.63, 3.8) is 0 Å². The predicted octanol–water partition coefficient (Wildman–Crippen LogP) is 3.42. The highest BCUT2D eigenvalue weighted by Crippen LogP contribution is 2.23. The molecule has 0 fully saturated rings. The van der Waals surface area contributed by atoms with Crippen LogP contribution in [0.4, 0.5) is 5.69 Å². The van der Waals surface area contributed by atoms with Crippen LogP contribution in [0.15, 0.2) is 54.6 Å². The molecule has 0 bridgehead atoms. The maximum Gasteiger partial charge on any atom is 0.348 e. The van der Waals surface area contributed by atoms with Crippen LogP contribution in [0.25, 0.3) is 0 Å². The highest BCUT2D eigenvalue weighted by atomic mass is 16.6. The van der Waals surface area contributed by atoms with Crippen molar-refractivity contribution in [2.75, 3.05) is 12.4 Å². The summed E-state index contributed by atoms with van der Waals surface area (Å²) in [5, 5.41) is 2.69. The summed E-state index contributed by atoms with van der Waals surface area (Å²) < 4.78 is 16.1. The molecule has 0 unspecified atom stereocenters. The lowest BCUT2D eigenvalue weighted by molar-refractivity contribution is -0.160. The summed E-state index contributed by atoms with van der Waals surface area (Å²) in [6.07, 6.45) is -1.33. The summed E-state index contributed by atoms with van der Waals surface area (Å²) in [5.41, 5.74) is 0.510. The summed E-state index contributed by atoms with van der Waals surface area (Å²) in [6.45, 7) is 3.33. The average Bonchev–Trinajstić information content (AvgIpc) is 2.67. The van der Waals surface area contributed by atoms with Crippen LogP contribution in [0, 0.1) is 0 Å². The maximum absolute atomic E-state index is 12.3. The highest BCUT2D eigenvalue weighted by Gasteiger charge is 2.25. The van der Waals surface area contributed by atoms with Crippen LogP contribution in [-0.4, -0.2) is 31.2 Å². The second kappa shape index (κ2) is 9.46. The van der Waals surface area contributed by atoms with Gasteiger partial charge in [0.2, 0.25) is 0 Å². The van der Waals surface area contributed by atoms with Crippen molar-refractivity contribution >= 4 is 17.6 Å². The molecular formula is C20H23NO5. The van der Waals surface area contributed by atoms with E-state index < -0.39 is 24.1 Å². The summed E-state index contributed by atoms with van der Waals surface area (Å²) in [5.74, 6) is 0.0668. The quantitative estimate of drug-likeness (QED) is 0.733. The lowest BCUT2D eigenvalue weighted by Crippen LogP contribution is -2.36. The van der Waals surface area contributed by atoms with E-state index in [1.165, 1.54) is 14.0 Å². The third-order valence-electron chi connectivity index (χ3n) is 3.68. The van der Waals surface area contributed by atoms with Crippen molar-refractivity contribution < 1.29 is 23.8 Å². The van der Waals surface area contributed by atoms with E-state index in [1.54, 1.807) is 36.4 Å². The van der Waals surface area contributed by atoms with Crippen LogP contribution < -0.4 is 14.8 Å². The molecule has 1 N–H and O–H groups in total. The Kier molecular flexibility index (Phi) is 7.02. The van der Waals surface area contributed by atoms with Crippen LogP contribution in [0.3, 0.4) is 0 Å². The molecule has 0 saturated heterocycles. The number of benzene rings is 2. The minimum atomic E-state index is -0.971. The van der Waals surface area contributed by atoms with Gasteiger partial charge in [-0.05, 0) is 37.6 Å². The Morgan fingerprint density at radius 3 is 2.35 bits per heavy atom. The van der Waals surface area contributed by atoms with Gasteiger partial charge in [-0.1, -0.05) is 37.3 Å². The fourth-order valence-corrected chi connectivity index (χ4v) is 2.25. The number of para-hydroxylation sites is 3. The van der Waals surface area contributed by atoms with E-state index in [9.17, 15) is 9.59 Å². The molecule has 2 atom stereocenters. The van der Waals surface area contributed by atoms with Crippen LogP contribution in [0.5, 0.6) is 11.5 Å². The van der Waals surface area contributed by atoms with Crippen molar-refractivity contribution in [2.24, 2.45) is 0 Å². The first-order chi connectivity index (χ1) is 12.5. The number of methoxy groups -OCH3 is 1. The molecule has 26 heavy (non-hydrogen) atoms. The van der Waals surface area contributed by atoms with E-state index in [1.807, 2.05) is 25.1 Å². The van der Waals surface area contributed by atoms with Crippen LogP contribution >= 0.6 is 0 Å². The summed E-state index contributed by atoms with van der Waals surface area (Å²) in [7, 11) is 1.52. The van der Waals surface area contributed by atoms with E-state index in [0.717, 1.165) is 0 Å². The fourth-order valence-electron chi connectivity index (χ4n) is 2.25. The Morgan fingerprint density at radius 2 is 1.69 bits per heavy atom. The molecule has 0 aliphatic rings. The molecule has 0 heterocycles. The zero-order valence-electron chi connectivity index (χ0n) is 15.1. The lowest BCUT2D eigenvalue weighted by atomic mass is 10.2. The Labute approximate surface area is 153 Å². The molecule has 1 amide bonds. The average molecular weight is 357 g/mol. The fraction of sp³-hybridized carbons (Fsp3) is 0.300. The molecule has 0 saturated carbocycles. The van der Waals surface area contributed by atoms with Gasteiger partial charge in [-0.2, -0.15) is 0 Å². The molecule has 138 valence electrons. The summed E-state index contributed by atoms with van der Waals surface area (Å²) in [4.78, 5) is 24.6. The molecule has 2 aromatic rings. The third-order valence-corrected chi connectivity index (χ3v) is 3.68. The van der Waals surface area contributed by atoms with E-state index in [2.05, 4.69) is 5.32 Å². The summed E-state index contributed by atoms with van der Waals surface area (Å²) in [6, 6.07) is 16.0. The smallest absolute Gasteiger partial charge is 0.348 e. The van der Waals surface area contributed by atoms with Gasteiger partial charge in [0.05, 0.1) is 12.8 Å². The molecule has 0 aromatic heterocycles. The van der Waals surface area contributed by atoms with E-state index in [4.69, 9.17) is 14.2 Å². The number of ether oxygens (including phenoxy) is 3. The number of nitrogens with one attached hydrogen (secondary N) is 1. The monoisotopic (exact) mass is 357 g/mol. The van der Waals surface area contributed by atoms with Gasteiger partial charge in [0.15, 0.2) is 12.2 Å². The largest absolute Gasteiger partial charge is 0.495 e. The topological polar surface area (TPSA) is 73.9 Å². The Bertz CT molecular complexity index is 732. The number of hydrogen-bond donors (Lipinski definition) is 1. The Morgan fingerprint density at radius 1 is 1.04 bits per heavy atom. The summed E-state index contributed by atoms with van der Waals surface area (Å²) >= 11 is 0. The predicted molar refractivity (Wildman–Crippen MR) is 98.3 cm³/mol. The molecule has 0 aliphatic carbocycles. The first-order valence-corrected chi connectivity index (χ1v) is 8.41. The number of amides is 1. The number of esters is 1. The SMILES string of the molecule is CC[C@H](Oc1ccccc1)C(=O)O[C@H](C)C(=O)Nc1ccccc1OC. The number of anilines is 1.